The van der Waals surface area contributed by atoms with Gasteiger partial charge in [-0.2, -0.15) is 4.98 Å². The van der Waals surface area contributed by atoms with E-state index in [0.717, 1.165) is 37.9 Å². The second-order valence-corrected chi connectivity index (χ2v) is 8.87. The number of thioether (sulfide) groups is 1. The normalized spacial score (nSPS) is 14.6. The number of carbonyl (C=O) groups excluding carboxylic acids is 1. The minimum atomic E-state index is 0.0220. The summed E-state index contributed by atoms with van der Waals surface area (Å²) >= 11 is 7.66. The third-order valence-corrected chi connectivity index (χ3v) is 6.52. The number of hydrogen-bond acceptors (Lipinski definition) is 6. The predicted molar refractivity (Wildman–Crippen MR) is 125 cm³/mol. The van der Waals surface area contributed by atoms with Crippen LogP contribution >= 0.6 is 23.4 Å². The van der Waals surface area contributed by atoms with Crippen LogP contribution in [0.1, 0.15) is 18.4 Å². The zero-order valence-corrected chi connectivity index (χ0v) is 19.0. The van der Waals surface area contributed by atoms with E-state index in [0.29, 0.717) is 23.4 Å². The Bertz CT molecular complexity index is 999. The van der Waals surface area contributed by atoms with E-state index in [4.69, 9.17) is 16.1 Å². The average molecular weight is 457 g/mol. The topological polar surface area (TPSA) is 71.3 Å². The van der Waals surface area contributed by atoms with Crippen molar-refractivity contribution in [1.29, 1.82) is 0 Å². The molecule has 31 heavy (non-hydrogen) atoms. The van der Waals surface area contributed by atoms with Gasteiger partial charge in [-0.1, -0.05) is 28.9 Å². The van der Waals surface area contributed by atoms with Crippen LogP contribution in [-0.2, 0) is 11.2 Å². The van der Waals surface area contributed by atoms with Crippen molar-refractivity contribution in [2.24, 2.45) is 5.92 Å². The number of amides is 1. The number of nitrogens with zero attached hydrogens (tertiary/aromatic N) is 3. The molecular weight excluding hydrogens is 432 g/mol. The molecule has 162 valence electrons. The van der Waals surface area contributed by atoms with Crippen molar-refractivity contribution < 1.29 is 9.32 Å². The SMILES string of the molecule is CSc1ccc(CCNC(=O)C2CCN(c3nc(-c4ccc(Cl)cc4)no3)CC2)cc1. The number of aromatic nitrogens is 2. The van der Waals surface area contributed by atoms with Crippen LogP contribution in [0, 0.1) is 5.92 Å². The van der Waals surface area contributed by atoms with Gasteiger partial charge in [-0.25, -0.2) is 0 Å². The van der Waals surface area contributed by atoms with Crippen molar-refractivity contribution in [1.82, 2.24) is 15.5 Å². The Morgan fingerprint density at radius 3 is 2.55 bits per heavy atom. The Balaban J connectivity index is 1.23. The number of piperidine rings is 1. The van der Waals surface area contributed by atoms with E-state index in [1.54, 1.807) is 23.9 Å². The van der Waals surface area contributed by atoms with Gasteiger partial charge in [0.1, 0.15) is 0 Å². The van der Waals surface area contributed by atoms with Crippen molar-refractivity contribution in [2.75, 3.05) is 30.8 Å². The number of carbonyl (C=O) groups is 1. The van der Waals surface area contributed by atoms with Gasteiger partial charge < -0.3 is 14.7 Å². The molecule has 4 rings (SSSR count). The van der Waals surface area contributed by atoms with Crippen LogP contribution in [0.15, 0.2) is 57.9 Å². The highest BCUT2D eigenvalue weighted by Gasteiger charge is 2.27. The molecule has 2 aromatic carbocycles. The molecule has 0 radical (unpaired) electrons. The Hall–Kier alpha value is -2.51. The maximum Gasteiger partial charge on any atom is 0.324 e. The van der Waals surface area contributed by atoms with E-state index in [-0.39, 0.29) is 11.8 Å². The maximum atomic E-state index is 12.6. The number of nitrogens with one attached hydrogen (secondary N) is 1. The molecule has 8 heteroatoms. The number of benzene rings is 2. The van der Waals surface area contributed by atoms with Gasteiger partial charge in [0.05, 0.1) is 0 Å². The second-order valence-electron chi connectivity index (χ2n) is 7.56. The van der Waals surface area contributed by atoms with Crippen LogP contribution in [0.3, 0.4) is 0 Å². The fourth-order valence-corrected chi connectivity index (χ4v) is 4.19. The highest BCUT2D eigenvalue weighted by molar-refractivity contribution is 7.98. The summed E-state index contributed by atoms with van der Waals surface area (Å²) in [6.07, 6.45) is 4.45. The minimum Gasteiger partial charge on any atom is -0.356 e. The Morgan fingerprint density at radius 1 is 1.16 bits per heavy atom. The van der Waals surface area contributed by atoms with E-state index in [9.17, 15) is 4.79 Å². The van der Waals surface area contributed by atoms with Crippen molar-refractivity contribution >= 4 is 35.3 Å². The van der Waals surface area contributed by atoms with Gasteiger partial charge in [0.25, 0.3) is 0 Å². The molecule has 1 fully saturated rings. The monoisotopic (exact) mass is 456 g/mol. The summed E-state index contributed by atoms with van der Waals surface area (Å²) in [4.78, 5) is 20.4. The van der Waals surface area contributed by atoms with Gasteiger partial charge in [0.15, 0.2) is 0 Å². The molecule has 2 heterocycles. The summed E-state index contributed by atoms with van der Waals surface area (Å²) in [5.74, 6) is 0.693. The lowest BCUT2D eigenvalue weighted by atomic mass is 9.96. The quantitative estimate of drug-likeness (QED) is 0.520. The molecule has 1 aromatic heterocycles. The summed E-state index contributed by atoms with van der Waals surface area (Å²) in [7, 11) is 0. The van der Waals surface area contributed by atoms with Crippen LogP contribution in [-0.4, -0.2) is 41.9 Å². The highest BCUT2D eigenvalue weighted by atomic mass is 35.5. The molecule has 1 amide bonds. The molecule has 0 aliphatic carbocycles. The highest BCUT2D eigenvalue weighted by Crippen LogP contribution is 2.25. The number of rotatable bonds is 7. The lowest BCUT2D eigenvalue weighted by Crippen LogP contribution is -2.41. The minimum absolute atomic E-state index is 0.0220. The second kappa shape index (κ2) is 10.2. The Kier molecular flexibility index (Phi) is 7.14. The Labute approximate surface area is 191 Å². The maximum absolute atomic E-state index is 12.6. The molecule has 1 aliphatic rings. The number of hydrogen-bond donors (Lipinski definition) is 1. The molecule has 1 aliphatic heterocycles. The van der Waals surface area contributed by atoms with Gasteiger partial charge in [-0.05, 0) is 67.5 Å². The average Bonchev–Trinajstić information content (AvgIpc) is 3.30. The lowest BCUT2D eigenvalue weighted by molar-refractivity contribution is -0.125. The van der Waals surface area contributed by atoms with Gasteiger partial charge in [0.2, 0.25) is 11.7 Å². The third-order valence-electron chi connectivity index (χ3n) is 5.53. The lowest BCUT2D eigenvalue weighted by Gasteiger charge is -2.29. The van der Waals surface area contributed by atoms with Crippen LogP contribution in [0.4, 0.5) is 6.01 Å². The van der Waals surface area contributed by atoms with Gasteiger partial charge in [0, 0.05) is 41.0 Å². The Morgan fingerprint density at radius 2 is 1.87 bits per heavy atom. The first-order valence-electron chi connectivity index (χ1n) is 10.4. The van der Waals surface area contributed by atoms with Crippen LogP contribution < -0.4 is 10.2 Å². The summed E-state index contributed by atoms with van der Waals surface area (Å²) in [5.41, 5.74) is 2.09. The fraction of sp³-hybridized carbons (Fsp3) is 0.348. The summed E-state index contributed by atoms with van der Waals surface area (Å²) in [6.45, 7) is 2.10. The van der Waals surface area contributed by atoms with E-state index >= 15 is 0 Å². The van der Waals surface area contributed by atoms with Crippen LogP contribution in [0.5, 0.6) is 0 Å². The fourth-order valence-electron chi connectivity index (χ4n) is 3.66. The predicted octanol–water partition coefficient (Wildman–Crippen LogP) is 4.69. The van der Waals surface area contributed by atoms with Gasteiger partial charge in [-0.3, -0.25) is 4.79 Å². The molecule has 6 nitrogen and oxygen atoms in total. The first-order valence-corrected chi connectivity index (χ1v) is 12.0. The van der Waals surface area contributed by atoms with Crippen molar-refractivity contribution in [3.8, 4) is 11.4 Å². The standard InChI is InChI=1S/C23H25ClN4O2S/c1-31-20-8-2-16(3-9-20)10-13-25-22(29)18-11-14-28(15-12-18)23-26-21(27-30-23)17-4-6-19(24)7-5-17/h2-9,18H,10-15H2,1H3,(H,25,29). The van der Waals surface area contributed by atoms with Crippen LogP contribution in [0.25, 0.3) is 11.4 Å². The van der Waals surface area contributed by atoms with Gasteiger partial charge >= 0.3 is 6.01 Å². The van der Waals surface area contributed by atoms with E-state index in [1.807, 2.05) is 17.0 Å². The number of halogens is 1. The zero-order valence-electron chi connectivity index (χ0n) is 17.4. The van der Waals surface area contributed by atoms with Gasteiger partial charge in [-0.15, -0.1) is 11.8 Å². The molecule has 0 unspecified atom stereocenters. The third kappa shape index (κ3) is 5.60. The van der Waals surface area contributed by atoms with E-state index in [1.165, 1.54) is 10.5 Å². The van der Waals surface area contributed by atoms with E-state index < -0.39 is 0 Å². The zero-order chi connectivity index (χ0) is 21.6. The van der Waals surface area contributed by atoms with Crippen molar-refractivity contribution in [2.45, 2.75) is 24.2 Å². The molecule has 1 saturated heterocycles. The molecule has 0 bridgehead atoms. The summed E-state index contributed by atoms with van der Waals surface area (Å²) < 4.78 is 5.44. The summed E-state index contributed by atoms with van der Waals surface area (Å²) in [6, 6.07) is 16.3. The molecular formula is C23H25ClN4O2S. The number of anilines is 1. The molecule has 0 spiro atoms. The van der Waals surface area contributed by atoms with E-state index in [2.05, 4.69) is 46.0 Å². The largest absolute Gasteiger partial charge is 0.356 e. The molecule has 0 saturated carbocycles. The molecule has 1 N–H and O–H groups in total. The smallest absolute Gasteiger partial charge is 0.324 e. The van der Waals surface area contributed by atoms with Crippen molar-refractivity contribution in [3.05, 3.63) is 59.1 Å². The molecule has 0 atom stereocenters. The van der Waals surface area contributed by atoms with Crippen molar-refractivity contribution in [3.63, 3.8) is 0 Å². The van der Waals surface area contributed by atoms with Crippen LogP contribution in [0.2, 0.25) is 5.02 Å². The molecule has 3 aromatic rings. The first kappa shape index (κ1) is 21.7. The first-order chi connectivity index (χ1) is 15.1. The summed E-state index contributed by atoms with van der Waals surface area (Å²) in [5, 5.41) is 7.83.